The molecule has 96 valence electrons. The second-order valence-corrected chi connectivity index (χ2v) is 5.58. The highest BCUT2D eigenvalue weighted by Gasteiger charge is 2.21. The maximum Gasteiger partial charge on any atom is 0.251 e. The van der Waals surface area contributed by atoms with E-state index >= 15 is 0 Å². The van der Waals surface area contributed by atoms with Crippen LogP contribution in [0.2, 0.25) is 0 Å². The molecule has 0 spiro atoms. The fourth-order valence-electron chi connectivity index (χ4n) is 1.86. The van der Waals surface area contributed by atoms with Crippen molar-refractivity contribution in [3.8, 4) is 12.3 Å². The molecule has 0 aromatic heterocycles. The highest BCUT2D eigenvalue weighted by atomic mass is 16.1. The van der Waals surface area contributed by atoms with Crippen LogP contribution in [0.15, 0.2) is 24.3 Å². The monoisotopic (exact) mass is 243 g/mol. The first-order chi connectivity index (χ1) is 8.36. The van der Waals surface area contributed by atoms with Gasteiger partial charge in [-0.2, -0.15) is 0 Å². The largest absolute Gasteiger partial charge is 0.349 e. The Labute approximate surface area is 110 Å². The van der Waals surface area contributed by atoms with Crippen LogP contribution in [0.4, 0.5) is 0 Å². The molecular formula is C16H21NO. The van der Waals surface area contributed by atoms with Crippen molar-refractivity contribution in [1.29, 1.82) is 0 Å². The first-order valence-electron chi connectivity index (χ1n) is 6.20. The number of nitrogens with one attached hydrogen (secondary N) is 1. The summed E-state index contributed by atoms with van der Waals surface area (Å²) in [7, 11) is 0. The van der Waals surface area contributed by atoms with E-state index in [-0.39, 0.29) is 17.4 Å². The number of hydrogen-bond acceptors (Lipinski definition) is 1. The van der Waals surface area contributed by atoms with Gasteiger partial charge in [-0.3, -0.25) is 4.79 Å². The van der Waals surface area contributed by atoms with Crippen molar-refractivity contribution < 1.29 is 4.79 Å². The van der Waals surface area contributed by atoms with Gasteiger partial charge in [0.05, 0.1) is 0 Å². The van der Waals surface area contributed by atoms with Crippen LogP contribution in [0.5, 0.6) is 0 Å². The maximum atomic E-state index is 12.2. The van der Waals surface area contributed by atoms with Crippen LogP contribution in [0.1, 0.15) is 50.0 Å². The Balaban J connectivity index is 2.97. The van der Waals surface area contributed by atoms with E-state index in [9.17, 15) is 4.79 Å². The molecule has 0 saturated carbocycles. The molecule has 1 amide bonds. The predicted octanol–water partition coefficient (Wildman–Crippen LogP) is 3.13. The van der Waals surface area contributed by atoms with Gasteiger partial charge in [-0.05, 0) is 24.0 Å². The molecule has 1 aromatic rings. The molecule has 2 heteroatoms. The van der Waals surface area contributed by atoms with Crippen molar-refractivity contribution in [1.82, 2.24) is 5.32 Å². The number of hydrogen-bond donors (Lipinski definition) is 1. The summed E-state index contributed by atoms with van der Waals surface area (Å²) in [4.78, 5) is 12.2. The molecule has 0 radical (unpaired) electrons. The van der Waals surface area contributed by atoms with E-state index in [1.807, 2.05) is 31.2 Å². The van der Waals surface area contributed by atoms with Crippen molar-refractivity contribution in [2.24, 2.45) is 0 Å². The van der Waals surface area contributed by atoms with Gasteiger partial charge in [0.2, 0.25) is 0 Å². The SMILES string of the molecule is C#CCC(C)NC(=O)c1ccccc1C(C)(C)C. The Bertz CT molecular complexity index is 463. The van der Waals surface area contributed by atoms with Crippen LogP contribution in [0, 0.1) is 12.3 Å². The number of terminal acetylenes is 1. The van der Waals surface area contributed by atoms with Crippen LogP contribution in [-0.4, -0.2) is 11.9 Å². The molecule has 1 aromatic carbocycles. The predicted molar refractivity (Wildman–Crippen MR) is 75.5 cm³/mol. The van der Waals surface area contributed by atoms with Crippen molar-refractivity contribution >= 4 is 5.91 Å². The van der Waals surface area contributed by atoms with Crippen LogP contribution in [0.25, 0.3) is 0 Å². The number of carbonyl (C=O) groups excluding carboxylic acids is 1. The molecule has 0 heterocycles. The lowest BCUT2D eigenvalue weighted by atomic mass is 9.83. The molecule has 0 aliphatic heterocycles. The number of carbonyl (C=O) groups is 1. The summed E-state index contributed by atoms with van der Waals surface area (Å²) in [6, 6.07) is 7.70. The average Bonchev–Trinajstić information content (AvgIpc) is 2.28. The fourth-order valence-corrected chi connectivity index (χ4v) is 1.86. The zero-order chi connectivity index (χ0) is 13.8. The topological polar surface area (TPSA) is 29.1 Å². The van der Waals surface area contributed by atoms with Crippen LogP contribution in [0.3, 0.4) is 0 Å². The molecule has 0 saturated heterocycles. The second kappa shape index (κ2) is 5.73. The molecule has 18 heavy (non-hydrogen) atoms. The lowest BCUT2D eigenvalue weighted by Crippen LogP contribution is -2.33. The number of amides is 1. The van der Waals surface area contributed by atoms with E-state index in [0.717, 1.165) is 11.1 Å². The standard InChI is InChI=1S/C16H21NO/c1-6-9-12(2)17-15(18)13-10-7-8-11-14(13)16(3,4)5/h1,7-8,10-12H,9H2,2-5H3,(H,17,18). The van der Waals surface area contributed by atoms with Gasteiger partial charge in [-0.25, -0.2) is 0 Å². The summed E-state index contributed by atoms with van der Waals surface area (Å²) in [6.07, 6.45) is 5.79. The van der Waals surface area contributed by atoms with Crippen LogP contribution in [-0.2, 0) is 5.41 Å². The van der Waals surface area contributed by atoms with Gasteiger partial charge in [-0.15, -0.1) is 12.3 Å². The first kappa shape index (κ1) is 14.3. The normalized spacial score (nSPS) is 12.6. The van der Waals surface area contributed by atoms with Gasteiger partial charge in [0.25, 0.3) is 5.91 Å². The molecular weight excluding hydrogens is 222 g/mol. The van der Waals surface area contributed by atoms with Crippen molar-refractivity contribution in [2.75, 3.05) is 0 Å². The Morgan fingerprint density at radius 1 is 1.39 bits per heavy atom. The Morgan fingerprint density at radius 2 is 2.00 bits per heavy atom. The number of benzene rings is 1. The molecule has 2 nitrogen and oxygen atoms in total. The summed E-state index contributed by atoms with van der Waals surface area (Å²) in [5, 5.41) is 2.93. The third kappa shape index (κ3) is 3.63. The lowest BCUT2D eigenvalue weighted by Gasteiger charge is -2.23. The molecule has 1 rings (SSSR count). The van der Waals surface area contributed by atoms with Gasteiger partial charge >= 0.3 is 0 Å². The molecule has 0 fully saturated rings. The Hall–Kier alpha value is -1.75. The molecule has 0 bridgehead atoms. The Morgan fingerprint density at radius 3 is 2.56 bits per heavy atom. The van der Waals surface area contributed by atoms with Gasteiger partial charge < -0.3 is 5.32 Å². The van der Waals surface area contributed by atoms with E-state index in [1.54, 1.807) is 0 Å². The van der Waals surface area contributed by atoms with Crippen molar-refractivity contribution in [3.05, 3.63) is 35.4 Å². The lowest BCUT2D eigenvalue weighted by molar-refractivity contribution is 0.0938. The van der Waals surface area contributed by atoms with E-state index in [0.29, 0.717) is 6.42 Å². The summed E-state index contributed by atoms with van der Waals surface area (Å²) >= 11 is 0. The van der Waals surface area contributed by atoms with Crippen LogP contribution >= 0.6 is 0 Å². The zero-order valence-corrected chi connectivity index (χ0v) is 11.6. The van der Waals surface area contributed by atoms with Gasteiger partial charge in [0.1, 0.15) is 0 Å². The van der Waals surface area contributed by atoms with E-state index in [1.165, 1.54) is 0 Å². The number of rotatable bonds is 3. The summed E-state index contributed by atoms with van der Waals surface area (Å²) in [5.41, 5.74) is 1.73. The summed E-state index contributed by atoms with van der Waals surface area (Å²) in [6.45, 7) is 8.22. The maximum absolute atomic E-state index is 12.2. The summed E-state index contributed by atoms with van der Waals surface area (Å²) < 4.78 is 0. The first-order valence-corrected chi connectivity index (χ1v) is 6.20. The van der Waals surface area contributed by atoms with Crippen molar-refractivity contribution in [3.63, 3.8) is 0 Å². The zero-order valence-electron chi connectivity index (χ0n) is 11.6. The molecule has 0 aliphatic rings. The Kier molecular flexibility index (Phi) is 4.55. The second-order valence-electron chi connectivity index (χ2n) is 5.58. The molecule has 1 N–H and O–H groups in total. The smallest absolute Gasteiger partial charge is 0.251 e. The van der Waals surface area contributed by atoms with Gasteiger partial charge in [-0.1, -0.05) is 39.0 Å². The minimum absolute atomic E-state index is 0.00414. The molecule has 1 atom stereocenters. The highest BCUT2D eigenvalue weighted by molar-refractivity contribution is 5.96. The van der Waals surface area contributed by atoms with E-state index in [2.05, 4.69) is 32.0 Å². The van der Waals surface area contributed by atoms with Gasteiger partial charge in [0.15, 0.2) is 0 Å². The average molecular weight is 243 g/mol. The highest BCUT2D eigenvalue weighted by Crippen LogP contribution is 2.25. The van der Waals surface area contributed by atoms with Crippen LogP contribution < -0.4 is 5.32 Å². The van der Waals surface area contributed by atoms with Gasteiger partial charge in [0, 0.05) is 18.0 Å². The molecule has 1 unspecified atom stereocenters. The van der Waals surface area contributed by atoms with Crippen molar-refractivity contribution in [2.45, 2.75) is 45.6 Å². The third-order valence-electron chi connectivity index (χ3n) is 2.78. The third-order valence-corrected chi connectivity index (χ3v) is 2.78. The fraction of sp³-hybridized carbons (Fsp3) is 0.438. The minimum atomic E-state index is -0.0525. The molecule has 0 aliphatic carbocycles. The van der Waals surface area contributed by atoms with E-state index < -0.39 is 0 Å². The quantitative estimate of drug-likeness (QED) is 0.812. The summed E-state index contributed by atoms with van der Waals surface area (Å²) in [5.74, 6) is 2.50. The minimum Gasteiger partial charge on any atom is -0.349 e. The van der Waals surface area contributed by atoms with E-state index in [4.69, 9.17) is 6.42 Å².